The molecule has 120 valence electrons. The lowest BCUT2D eigenvalue weighted by Gasteiger charge is -2.14. The molecule has 4 nitrogen and oxygen atoms in total. The molecule has 0 bridgehead atoms. The molecule has 2 rings (SSSR count). The second kappa shape index (κ2) is 8.15. The van der Waals surface area contributed by atoms with Crippen LogP contribution in [0.2, 0.25) is 0 Å². The zero-order valence-corrected chi connectivity index (χ0v) is 13.4. The normalized spacial score (nSPS) is 10.2. The van der Waals surface area contributed by atoms with Crippen molar-refractivity contribution in [1.82, 2.24) is 0 Å². The highest BCUT2D eigenvalue weighted by atomic mass is 16.5. The average molecular weight is 312 g/mol. The van der Waals surface area contributed by atoms with Gasteiger partial charge in [-0.2, -0.15) is 0 Å². The van der Waals surface area contributed by atoms with E-state index in [1.807, 2.05) is 24.3 Å². The van der Waals surface area contributed by atoms with Crippen LogP contribution < -0.4 is 9.47 Å². The molecule has 0 amide bonds. The zero-order chi connectivity index (χ0) is 16.7. The predicted octanol–water partition coefficient (Wildman–Crippen LogP) is 3.75. The number of carbonyl (C=O) groups excluding carboxylic acids is 1. The Hall–Kier alpha value is -2.59. The summed E-state index contributed by atoms with van der Waals surface area (Å²) in [4.78, 5) is 10.9. The van der Waals surface area contributed by atoms with Gasteiger partial charge in [-0.05, 0) is 34.9 Å². The molecule has 0 N–H and O–H groups in total. The number of hydrogen-bond donors (Lipinski definition) is 0. The molecule has 0 saturated carbocycles. The summed E-state index contributed by atoms with van der Waals surface area (Å²) >= 11 is 0. The van der Waals surface area contributed by atoms with Gasteiger partial charge in [0, 0.05) is 12.7 Å². The lowest BCUT2D eigenvalue weighted by molar-refractivity contribution is 0.112. The summed E-state index contributed by atoms with van der Waals surface area (Å²) in [5, 5.41) is 0. The topological polar surface area (TPSA) is 44.8 Å². The van der Waals surface area contributed by atoms with E-state index >= 15 is 0 Å². The van der Waals surface area contributed by atoms with Crippen molar-refractivity contribution in [3.63, 3.8) is 0 Å². The third-order valence-electron chi connectivity index (χ3n) is 3.42. The third kappa shape index (κ3) is 4.20. The number of methoxy groups -OCH3 is 2. The van der Waals surface area contributed by atoms with Crippen molar-refractivity contribution < 1.29 is 19.0 Å². The largest absolute Gasteiger partial charge is 0.493 e. The monoisotopic (exact) mass is 312 g/mol. The van der Waals surface area contributed by atoms with E-state index in [0.29, 0.717) is 30.3 Å². The van der Waals surface area contributed by atoms with Crippen LogP contribution in [0.25, 0.3) is 5.57 Å². The minimum atomic E-state index is 0.345. The number of hydrogen-bond acceptors (Lipinski definition) is 4. The lowest BCUT2D eigenvalue weighted by Crippen LogP contribution is -2.03. The fourth-order valence-corrected chi connectivity index (χ4v) is 2.28. The molecule has 4 heteroatoms. The summed E-state index contributed by atoms with van der Waals surface area (Å²) in [6, 6.07) is 12.9. The van der Waals surface area contributed by atoms with Crippen LogP contribution in [0.3, 0.4) is 0 Å². The van der Waals surface area contributed by atoms with E-state index < -0.39 is 0 Å². The second-order valence-corrected chi connectivity index (χ2v) is 5.01. The smallest absolute Gasteiger partial charge is 0.162 e. The number of ether oxygens (including phenoxy) is 3. The van der Waals surface area contributed by atoms with Crippen LogP contribution in [-0.2, 0) is 11.3 Å². The van der Waals surface area contributed by atoms with E-state index in [4.69, 9.17) is 14.2 Å². The first-order valence-corrected chi connectivity index (χ1v) is 7.20. The van der Waals surface area contributed by atoms with Gasteiger partial charge in [0.2, 0.25) is 0 Å². The Morgan fingerprint density at radius 2 is 1.91 bits per heavy atom. The van der Waals surface area contributed by atoms with E-state index in [9.17, 15) is 4.79 Å². The van der Waals surface area contributed by atoms with Gasteiger partial charge in [0.15, 0.2) is 11.5 Å². The average Bonchev–Trinajstić information content (AvgIpc) is 2.60. The SMILES string of the molecule is C=C(COC)c1ccccc1COc1cc(C=O)ccc1OC. The van der Waals surface area contributed by atoms with Gasteiger partial charge in [0.25, 0.3) is 0 Å². The molecule has 0 heterocycles. The van der Waals surface area contributed by atoms with Crippen LogP contribution in [-0.4, -0.2) is 27.1 Å². The molecule has 0 aromatic heterocycles. The Kier molecular flexibility index (Phi) is 5.94. The van der Waals surface area contributed by atoms with Crippen molar-refractivity contribution in [1.29, 1.82) is 0 Å². The second-order valence-electron chi connectivity index (χ2n) is 5.01. The Morgan fingerprint density at radius 3 is 2.61 bits per heavy atom. The van der Waals surface area contributed by atoms with Crippen molar-refractivity contribution in [2.24, 2.45) is 0 Å². The fraction of sp³-hybridized carbons (Fsp3) is 0.211. The van der Waals surface area contributed by atoms with Gasteiger partial charge in [-0.25, -0.2) is 0 Å². The number of benzene rings is 2. The Bertz CT molecular complexity index is 692. The molecular weight excluding hydrogens is 292 g/mol. The van der Waals surface area contributed by atoms with E-state index in [1.165, 1.54) is 0 Å². The summed E-state index contributed by atoms with van der Waals surface area (Å²) in [5.74, 6) is 1.12. The highest BCUT2D eigenvalue weighted by Crippen LogP contribution is 2.29. The van der Waals surface area contributed by atoms with Crippen LogP contribution in [0.15, 0.2) is 49.0 Å². The first kappa shape index (κ1) is 16.8. The molecular formula is C19H20O4. The van der Waals surface area contributed by atoms with E-state index in [-0.39, 0.29) is 0 Å². The standard InChI is InChI=1S/C19H20O4/c1-14(12-21-2)17-7-5-4-6-16(17)13-23-19-10-15(11-20)8-9-18(19)22-3/h4-11H,1,12-13H2,2-3H3. The lowest BCUT2D eigenvalue weighted by atomic mass is 10.0. The minimum Gasteiger partial charge on any atom is -0.493 e. The van der Waals surface area contributed by atoms with Crippen molar-refractivity contribution in [2.45, 2.75) is 6.61 Å². The highest BCUT2D eigenvalue weighted by Gasteiger charge is 2.09. The van der Waals surface area contributed by atoms with E-state index in [0.717, 1.165) is 23.0 Å². The molecule has 0 spiro atoms. The Morgan fingerprint density at radius 1 is 1.13 bits per heavy atom. The van der Waals surface area contributed by atoms with Crippen LogP contribution >= 0.6 is 0 Å². The van der Waals surface area contributed by atoms with E-state index in [2.05, 4.69) is 6.58 Å². The summed E-state index contributed by atoms with van der Waals surface area (Å²) in [5.41, 5.74) is 3.42. The highest BCUT2D eigenvalue weighted by molar-refractivity contribution is 5.76. The van der Waals surface area contributed by atoms with Crippen LogP contribution in [0, 0.1) is 0 Å². The minimum absolute atomic E-state index is 0.345. The van der Waals surface area contributed by atoms with Gasteiger partial charge in [-0.15, -0.1) is 0 Å². The van der Waals surface area contributed by atoms with E-state index in [1.54, 1.807) is 32.4 Å². The molecule has 0 radical (unpaired) electrons. The molecule has 0 aliphatic heterocycles. The Balaban J connectivity index is 2.21. The molecule has 0 aliphatic rings. The third-order valence-corrected chi connectivity index (χ3v) is 3.42. The molecule has 0 aliphatic carbocycles. The number of carbonyl (C=O) groups is 1. The van der Waals surface area contributed by atoms with Gasteiger partial charge in [0.1, 0.15) is 12.9 Å². The van der Waals surface area contributed by atoms with Gasteiger partial charge >= 0.3 is 0 Å². The predicted molar refractivity (Wildman–Crippen MR) is 90.1 cm³/mol. The van der Waals surface area contributed by atoms with Crippen LogP contribution in [0.4, 0.5) is 0 Å². The summed E-state index contributed by atoms with van der Waals surface area (Å²) in [6.07, 6.45) is 0.778. The summed E-state index contributed by atoms with van der Waals surface area (Å²) in [6.45, 7) is 4.84. The fourth-order valence-electron chi connectivity index (χ4n) is 2.28. The van der Waals surface area contributed by atoms with Crippen LogP contribution in [0.5, 0.6) is 11.5 Å². The molecule has 0 fully saturated rings. The zero-order valence-electron chi connectivity index (χ0n) is 13.4. The summed E-state index contributed by atoms with van der Waals surface area (Å²) < 4.78 is 16.3. The Labute approximate surface area is 136 Å². The molecule has 0 atom stereocenters. The van der Waals surface area contributed by atoms with Gasteiger partial charge < -0.3 is 14.2 Å². The maximum absolute atomic E-state index is 10.9. The van der Waals surface area contributed by atoms with Gasteiger partial charge in [0.05, 0.1) is 13.7 Å². The molecule has 23 heavy (non-hydrogen) atoms. The molecule has 2 aromatic carbocycles. The van der Waals surface area contributed by atoms with Crippen molar-refractivity contribution in [3.8, 4) is 11.5 Å². The van der Waals surface area contributed by atoms with Crippen molar-refractivity contribution in [3.05, 3.63) is 65.7 Å². The van der Waals surface area contributed by atoms with Crippen molar-refractivity contribution in [2.75, 3.05) is 20.8 Å². The maximum atomic E-state index is 10.9. The quantitative estimate of drug-likeness (QED) is 0.696. The van der Waals surface area contributed by atoms with Crippen molar-refractivity contribution >= 4 is 11.9 Å². The molecule has 0 saturated heterocycles. The number of aldehydes is 1. The number of rotatable bonds is 8. The molecule has 2 aromatic rings. The maximum Gasteiger partial charge on any atom is 0.162 e. The molecule has 0 unspecified atom stereocenters. The van der Waals surface area contributed by atoms with Crippen LogP contribution in [0.1, 0.15) is 21.5 Å². The van der Waals surface area contributed by atoms with Gasteiger partial charge in [-0.1, -0.05) is 30.8 Å². The first-order chi connectivity index (χ1) is 11.2. The summed E-state index contributed by atoms with van der Waals surface area (Å²) in [7, 11) is 3.21. The first-order valence-electron chi connectivity index (χ1n) is 7.20. The van der Waals surface area contributed by atoms with Gasteiger partial charge in [-0.3, -0.25) is 4.79 Å².